The summed E-state index contributed by atoms with van der Waals surface area (Å²) in [4.78, 5) is 2.28. The Morgan fingerprint density at radius 1 is 0.322 bits per heavy atom. The zero-order valence-electron chi connectivity index (χ0n) is 32.4. The smallest absolute Gasteiger partial charge is 0.194 e. The minimum atomic E-state index is 0.675. The Labute approximate surface area is 345 Å². The summed E-state index contributed by atoms with van der Waals surface area (Å²) in [5, 5.41) is 0. The van der Waals surface area contributed by atoms with Gasteiger partial charge < -0.3 is 14.4 Å². The van der Waals surface area contributed by atoms with E-state index in [9.17, 15) is 0 Å². The van der Waals surface area contributed by atoms with Gasteiger partial charge in [-0.2, -0.15) is 0 Å². The van der Waals surface area contributed by atoms with Crippen molar-refractivity contribution < 1.29 is 9.47 Å². The van der Waals surface area contributed by atoms with Crippen molar-refractivity contribution in [3.63, 3.8) is 0 Å². The normalized spacial score (nSPS) is 12.2. The summed E-state index contributed by atoms with van der Waals surface area (Å²) in [5.74, 6) is 2.80. The summed E-state index contributed by atoms with van der Waals surface area (Å²) >= 11 is 0. The summed E-state index contributed by atoms with van der Waals surface area (Å²) < 4.78 is 14.2. The average molecular weight is 758 g/mol. The third-order valence-corrected chi connectivity index (χ3v) is 11.6. The monoisotopic (exact) mass is 757 g/mol. The van der Waals surface area contributed by atoms with E-state index < -0.39 is 0 Å². The molecule has 0 saturated heterocycles. The maximum atomic E-state index is 7.33. The first kappa shape index (κ1) is 34.6. The number of ether oxygens (including phenoxy) is 2. The van der Waals surface area contributed by atoms with Gasteiger partial charge in [-0.25, -0.2) is 0 Å². The van der Waals surface area contributed by atoms with Crippen LogP contribution in [0.3, 0.4) is 0 Å². The highest BCUT2D eigenvalue weighted by Gasteiger charge is 2.31. The molecular formula is C56H39NO2. The lowest BCUT2D eigenvalue weighted by Crippen LogP contribution is -2.13. The first-order valence-electron chi connectivity index (χ1n) is 20.3. The van der Waals surface area contributed by atoms with Gasteiger partial charge in [0.05, 0.1) is 5.69 Å². The number of benzene rings is 9. The third-order valence-electron chi connectivity index (χ3n) is 11.6. The van der Waals surface area contributed by atoms with Crippen molar-refractivity contribution in [3.8, 4) is 67.5 Å². The van der Waals surface area contributed by atoms with E-state index in [1.165, 1.54) is 44.5 Å². The fourth-order valence-electron chi connectivity index (χ4n) is 8.85. The first-order valence-corrected chi connectivity index (χ1v) is 20.3. The molecule has 0 spiro atoms. The summed E-state index contributed by atoms with van der Waals surface area (Å²) in [6.07, 6.45) is 1.53. The van der Waals surface area contributed by atoms with Crippen LogP contribution < -0.4 is 14.4 Å². The Morgan fingerprint density at radius 2 is 0.831 bits per heavy atom. The SMILES string of the molecule is c1ccc(-c2cccc(-c3cccc(N(c4ccccc4)c4cccc5c4Oc4c(ccc6c4-c4ccccc4Cc4ccccc4-c4ccccc4C6)O5)c3)c2)cc1. The van der Waals surface area contributed by atoms with E-state index in [0.717, 1.165) is 57.9 Å². The maximum absolute atomic E-state index is 7.33. The van der Waals surface area contributed by atoms with Gasteiger partial charge in [0.25, 0.3) is 0 Å². The lowest BCUT2D eigenvalue weighted by Gasteiger charge is -2.32. The minimum Gasteiger partial charge on any atom is -0.449 e. The predicted molar refractivity (Wildman–Crippen MR) is 242 cm³/mol. The standard InChI is InChI=1S/C56H39NO2/c1-3-16-38(17-4-1)39-21-13-22-40(34-39)41-23-14-26-47(37-41)57(46-24-5-2-6-25-46)51-30-15-31-52-55(51)59-56-53(58-52)33-32-45-36-43-19-8-11-28-49(43)48-27-10-7-18-42(48)35-44-20-9-12-29-50(44)54(45)56/h1-34,37H,35-36H2. The molecule has 9 aromatic carbocycles. The van der Waals surface area contributed by atoms with E-state index in [4.69, 9.17) is 9.47 Å². The molecule has 0 saturated carbocycles. The fraction of sp³-hybridized carbons (Fsp3) is 0.0357. The molecule has 0 atom stereocenters. The van der Waals surface area contributed by atoms with Crippen molar-refractivity contribution in [3.05, 3.63) is 235 Å². The van der Waals surface area contributed by atoms with Gasteiger partial charge in [-0.3, -0.25) is 0 Å². The van der Waals surface area contributed by atoms with Crippen molar-refractivity contribution in [1.82, 2.24) is 0 Å². The summed E-state index contributed by atoms with van der Waals surface area (Å²) in [5.41, 5.74) is 17.4. The van der Waals surface area contributed by atoms with Crippen molar-refractivity contribution >= 4 is 17.1 Å². The van der Waals surface area contributed by atoms with Gasteiger partial charge in [0, 0.05) is 16.9 Å². The van der Waals surface area contributed by atoms with Crippen LogP contribution in [-0.4, -0.2) is 0 Å². The van der Waals surface area contributed by atoms with Gasteiger partial charge in [-0.05, 0) is 123 Å². The second kappa shape index (κ2) is 14.7. The molecule has 0 amide bonds. The van der Waals surface area contributed by atoms with Crippen LogP contribution in [0, 0.1) is 0 Å². The van der Waals surface area contributed by atoms with Crippen LogP contribution in [-0.2, 0) is 12.8 Å². The molecule has 1 aliphatic heterocycles. The molecule has 0 bridgehead atoms. The van der Waals surface area contributed by atoms with Crippen LogP contribution >= 0.6 is 0 Å². The van der Waals surface area contributed by atoms with Gasteiger partial charge in [0.2, 0.25) is 0 Å². The number of hydrogen-bond donors (Lipinski definition) is 0. The molecule has 3 heteroatoms. The molecule has 0 radical (unpaired) electrons. The number of nitrogens with zero attached hydrogens (tertiary/aromatic N) is 1. The lowest BCUT2D eigenvalue weighted by molar-refractivity contribution is 0.361. The van der Waals surface area contributed by atoms with Crippen LogP contribution in [0.5, 0.6) is 23.0 Å². The molecule has 0 unspecified atom stereocenters. The first-order chi connectivity index (χ1) is 29.2. The number of hydrogen-bond acceptors (Lipinski definition) is 3. The molecule has 9 aromatic rings. The van der Waals surface area contributed by atoms with Crippen LogP contribution in [0.15, 0.2) is 212 Å². The maximum Gasteiger partial charge on any atom is 0.194 e. The second-order valence-corrected chi connectivity index (χ2v) is 15.2. The number of rotatable bonds is 5. The van der Waals surface area contributed by atoms with Gasteiger partial charge in [0.15, 0.2) is 23.0 Å². The Bertz CT molecular complexity index is 3010. The van der Waals surface area contributed by atoms with Crippen molar-refractivity contribution in [2.75, 3.05) is 4.90 Å². The lowest BCUT2D eigenvalue weighted by atomic mass is 9.83. The Hall–Kier alpha value is -7.62. The number of fused-ring (bicyclic) bond motifs is 9. The Balaban J connectivity index is 1.06. The average Bonchev–Trinajstić information content (AvgIpc) is 3.30. The minimum absolute atomic E-state index is 0.675. The van der Waals surface area contributed by atoms with E-state index in [1.54, 1.807) is 0 Å². The molecule has 1 aliphatic carbocycles. The van der Waals surface area contributed by atoms with Gasteiger partial charge in [-0.1, -0.05) is 164 Å². The van der Waals surface area contributed by atoms with E-state index >= 15 is 0 Å². The van der Waals surface area contributed by atoms with Crippen molar-refractivity contribution in [2.45, 2.75) is 12.8 Å². The van der Waals surface area contributed by atoms with Gasteiger partial charge in [-0.15, -0.1) is 0 Å². The van der Waals surface area contributed by atoms with E-state index in [2.05, 4.69) is 211 Å². The van der Waals surface area contributed by atoms with Crippen LogP contribution in [0.1, 0.15) is 22.3 Å². The predicted octanol–water partition coefficient (Wildman–Crippen LogP) is 15.2. The molecular weight excluding hydrogens is 719 g/mol. The summed E-state index contributed by atoms with van der Waals surface area (Å²) in [6, 6.07) is 75.5. The third kappa shape index (κ3) is 6.34. The van der Waals surface area contributed by atoms with Gasteiger partial charge >= 0.3 is 0 Å². The second-order valence-electron chi connectivity index (χ2n) is 15.2. The molecule has 3 nitrogen and oxygen atoms in total. The zero-order valence-corrected chi connectivity index (χ0v) is 32.4. The van der Waals surface area contributed by atoms with Gasteiger partial charge in [0.1, 0.15) is 0 Å². The van der Waals surface area contributed by atoms with Crippen LogP contribution in [0.2, 0.25) is 0 Å². The number of para-hydroxylation sites is 2. The molecule has 280 valence electrons. The molecule has 59 heavy (non-hydrogen) atoms. The highest BCUT2D eigenvalue weighted by atomic mass is 16.6. The van der Waals surface area contributed by atoms with Crippen molar-refractivity contribution in [2.24, 2.45) is 0 Å². The zero-order chi connectivity index (χ0) is 39.1. The Morgan fingerprint density at radius 3 is 1.56 bits per heavy atom. The number of anilines is 3. The van der Waals surface area contributed by atoms with E-state index in [-0.39, 0.29) is 0 Å². The quantitative estimate of drug-likeness (QED) is 0.175. The van der Waals surface area contributed by atoms with E-state index in [1.807, 2.05) is 6.07 Å². The van der Waals surface area contributed by atoms with Crippen molar-refractivity contribution in [1.29, 1.82) is 0 Å². The van der Waals surface area contributed by atoms with E-state index in [0.29, 0.717) is 17.2 Å². The summed E-state index contributed by atoms with van der Waals surface area (Å²) in [7, 11) is 0. The highest BCUT2D eigenvalue weighted by molar-refractivity contribution is 5.88. The molecule has 11 rings (SSSR count). The Kier molecular flexibility index (Phi) is 8.63. The topological polar surface area (TPSA) is 21.7 Å². The molecule has 0 N–H and O–H groups in total. The fourth-order valence-corrected chi connectivity index (χ4v) is 8.85. The van der Waals surface area contributed by atoms with Crippen LogP contribution in [0.4, 0.5) is 17.1 Å². The molecule has 0 fully saturated rings. The molecule has 1 heterocycles. The molecule has 2 aliphatic rings. The largest absolute Gasteiger partial charge is 0.449 e. The highest BCUT2D eigenvalue weighted by Crippen LogP contribution is 2.56. The van der Waals surface area contributed by atoms with Crippen LogP contribution in [0.25, 0.3) is 44.5 Å². The molecule has 0 aromatic heterocycles. The summed E-state index contributed by atoms with van der Waals surface area (Å²) in [6.45, 7) is 0.